The van der Waals surface area contributed by atoms with Crippen LogP contribution in [0.1, 0.15) is 17.5 Å². The van der Waals surface area contributed by atoms with Crippen molar-refractivity contribution in [2.45, 2.75) is 25.9 Å². The van der Waals surface area contributed by atoms with Gasteiger partial charge in [0.25, 0.3) is 0 Å². The first-order chi connectivity index (χ1) is 9.22. The number of ether oxygens (including phenoxy) is 1. The minimum Gasteiger partial charge on any atom is -0.496 e. The summed E-state index contributed by atoms with van der Waals surface area (Å²) < 4.78 is 5.28. The van der Waals surface area contributed by atoms with Gasteiger partial charge in [-0.25, -0.2) is 0 Å². The third-order valence-electron chi connectivity index (χ3n) is 3.68. The molecule has 4 nitrogen and oxygen atoms in total. The lowest BCUT2D eigenvalue weighted by Gasteiger charge is -2.17. The fourth-order valence-electron chi connectivity index (χ4n) is 2.71. The highest BCUT2D eigenvalue weighted by atomic mass is 16.5. The van der Waals surface area contributed by atoms with Gasteiger partial charge in [-0.3, -0.25) is 4.90 Å². The van der Waals surface area contributed by atoms with Crippen LogP contribution in [-0.2, 0) is 6.54 Å². The molecular formula is C15H24N2O2. The van der Waals surface area contributed by atoms with Crippen LogP contribution < -0.4 is 10.1 Å². The molecule has 1 aromatic rings. The maximum Gasteiger partial charge on any atom is 0.121 e. The second-order valence-corrected chi connectivity index (χ2v) is 5.20. The Labute approximate surface area is 115 Å². The van der Waals surface area contributed by atoms with E-state index in [0.29, 0.717) is 12.6 Å². The molecule has 1 aromatic carbocycles. The number of aryl methyl sites for hydroxylation is 1. The van der Waals surface area contributed by atoms with E-state index in [1.54, 1.807) is 7.11 Å². The summed E-state index contributed by atoms with van der Waals surface area (Å²) in [6, 6.07) is 6.90. The van der Waals surface area contributed by atoms with E-state index in [2.05, 4.69) is 29.3 Å². The highest BCUT2D eigenvalue weighted by molar-refractivity contribution is 5.36. The lowest BCUT2D eigenvalue weighted by atomic mass is 10.1. The highest BCUT2D eigenvalue weighted by Crippen LogP contribution is 2.20. The predicted molar refractivity (Wildman–Crippen MR) is 76.5 cm³/mol. The molecule has 0 saturated carbocycles. The van der Waals surface area contributed by atoms with Gasteiger partial charge in [0.1, 0.15) is 5.75 Å². The van der Waals surface area contributed by atoms with Crippen molar-refractivity contribution in [2.75, 3.05) is 33.4 Å². The van der Waals surface area contributed by atoms with Crippen LogP contribution in [0.5, 0.6) is 5.75 Å². The molecule has 0 aliphatic carbocycles. The van der Waals surface area contributed by atoms with Crippen molar-refractivity contribution in [1.29, 1.82) is 0 Å². The molecule has 2 N–H and O–H groups in total. The number of benzene rings is 1. The van der Waals surface area contributed by atoms with E-state index in [1.165, 1.54) is 11.1 Å². The van der Waals surface area contributed by atoms with Crippen molar-refractivity contribution < 1.29 is 9.84 Å². The van der Waals surface area contributed by atoms with Gasteiger partial charge >= 0.3 is 0 Å². The summed E-state index contributed by atoms with van der Waals surface area (Å²) in [6.07, 6.45) is 1.16. The number of nitrogens with zero attached hydrogens (tertiary/aromatic N) is 1. The number of nitrogens with one attached hydrogen (secondary N) is 1. The van der Waals surface area contributed by atoms with Crippen LogP contribution in [0.4, 0.5) is 0 Å². The molecule has 0 bridgehead atoms. The Kier molecular flexibility index (Phi) is 5.19. The van der Waals surface area contributed by atoms with E-state index in [1.807, 2.05) is 6.07 Å². The van der Waals surface area contributed by atoms with Gasteiger partial charge < -0.3 is 15.2 Å². The van der Waals surface area contributed by atoms with Gasteiger partial charge in [0.15, 0.2) is 0 Å². The monoisotopic (exact) mass is 264 g/mol. The lowest BCUT2D eigenvalue weighted by Crippen LogP contribution is -2.34. The molecule has 1 aliphatic heterocycles. The molecule has 0 aromatic heterocycles. The molecule has 1 heterocycles. The van der Waals surface area contributed by atoms with Crippen LogP contribution in [-0.4, -0.2) is 49.4 Å². The number of hydrogen-bond acceptors (Lipinski definition) is 4. The van der Waals surface area contributed by atoms with E-state index in [9.17, 15) is 0 Å². The number of methoxy groups -OCH3 is 1. The molecule has 1 saturated heterocycles. The topological polar surface area (TPSA) is 44.7 Å². The first-order valence-corrected chi connectivity index (χ1v) is 6.93. The van der Waals surface area contributed by atoms with Crippen LogP contribution >= 0.6 is 0 Å². The molecule has 4 heteroatoms. The predicted octanol–water partition coefficient (Wildman–Crippen LogP) is 1.16. The zero-order valence-corrected chi connectivity index (χ0v) is 11.9. The zero-order valence-electron chi connectivity index (χ0n) is 11.9. The van der Waals surface area contributed by atoms with Crippen LogP contribution in [0.3, 0.4) is 0 Å². The smallest absolute Gasteiger partial charge is 0.121 e. The van der Waals surface area contributed by atoms with Gasteiger partial charge in [-0.2, -0.15) is 0 Å². The van der Waals surface area contributed by atoms with E-state index in [-0.39, 0.29) is 6.61 Å². The minimum atomic E-state index is 0.216. The van der Waals surface area contributed by atoms with E-state index in [4.69, 9.17) is 9.84 Å². The summed E-state index contributed by atoms with van der Waals surface area (Å²) in [6.45, 7) is 6.16. The van der Waals surface area contributed by atoms with Crippen LogP contribution in [0.15, 0.2) is 18.2 Å². The molecule has 106 valence electrons. The normalized spacial score (nSPS) is 19.8. The Bertz CT molecular complexity index is 409. The molecule has 1 unspecified atom stereocenters. The summed E-state index contributed by atoms with van der Waals surface area (Å²) in [5.74, 6) is 0.952. The molecule has 0 amide bonds. The Hall–Kier alpha value is -1.10. The van der Waals surface area contributed by atoms with Crippen LogP contribution in [0.25, 0.3) is 0 Å². The van der Waals surface area contributed by atoms with E-state index in [0.717, 1.165) is 31.8 Å². The minimum absolute atomic E-state index is 0.216. The Morgan fingerprint density at radius 1 is 1.47 bits per heavy atom. The van der Waals surface area contributed by atoms with Gasteiger partial charge in [-0.1, -0.05) is 12.1 Å². The number of likely N-dealkylation sites (tertiary alicyclic amines) is 1. The Balaban J connectivity index is 1.86. The molecule has 1 atom stereocenters. The molecule has 2 rings (SSSR count). The van der Waals surface area contributed by atoms with Crippen molar-refractivity contribution in [1.82, 2.24) is 10.2 Å². The molecule has 0 spiro atoms. The quantitative estimate of drug-likeness (QED) is 0.809. The maximum atomic E-state index is 8.82. The number of aliphatic hydroxyl groups is 1. The van der Waals surface area contributed by atoms with Gasteiger partial charge in [-0.05, 0) is 30.5 Å². The van der Waals surface area contributed by atoms with Crippen molar-refractivity contribution >= 4 is 0 Å². The maximum absolute atomic E-state index is 8.82. The van der Waals surface area contributed by atoms with E-state index < -0.39 is 0 Å². The fraction of sp³-hybridized carbons (Fsp3) is 0.600. The molecular weight excluding hydrogens is 240 g/mol. The summed E-state index contributed by atoms with van der Waals surface area (Å²) in [7, 11) is 1.71. The number of aliphatic hydroxyl groups excluding tert-OH is 1. The van der Waals surface area contributed by atoms with Gasteiger partial charge in [-0.15, -0.1) is 0 Å². The first kappa shape index (κ1) is 14.3. The molecule has 0 radical (unpaired) electrons. The second-order valence-electron chi connectivity index (χ2n) is 5.20. The fourth-order valence-corrected chi connectivity index (χ4v) is 2.71. The number of hydrogen-bond donors (Lipinski definition) is 2. The third-order valence-corrected chi connectivity index (χ3v) is 3.68. The summed E-state index contributed by atoms with van der Waals surface area (Å²) in [5, 5.41) is 12.2. The average molecular weight is 264 g/mol. The van der Waals surface area contributed by atoms with Crippen molar-refractivity contribution in [3.8, 4) is 5.75 Å². The molecule has 1 fully saturated rings. The summed E-state index contributed by atoms with van der Waals surface area (Å²) in [4.78, 5) is 2.45. The van der Waals surface area contributed by atoms with Crippen molar-refractivity contribution in [3.63, 3.8) is 0 Å². The third kappa shape index (κ3) is 3.93. The van der Waals surface area contributed by atoms with Gasteiger partial charge in [0, 0.05) is 32.2 Å². The Morgan fingerprint density at radius 2 is 2.32 bits per heavy atom. The van der Waals surface area contributed by atoms with Crippen LogP contribution in [0.2, 0.25) is 0 Å². The summed E-state index contributed by atoms with van der Waals surface area (Å²) in [5.41, 5.74) is 2.52. The zero-order chi connectivity index (χ0) is 13.7. The van der Waals surface area contributed by atoms with Crippen LogP contribution in [0, 0.1) is 6.92 Å². The lowest BCUT2D eigenvalue weighted by molar-refractivity contribution is 0.278. The van der Waals surface area contributed by atoms with Gasteiger partial charge in [0.05, 0.1) is 13.7 Å². The first-order valence-electron chi connectivity index (χ1n) is 6.93. The largest absolute Gasteiger partial charge is 0.496 e. The standard InChI is InChI=1S/C15H24N2O2/c1-12-9-13(3-4-15(12)19-2)10-17-7-5-14(11-17)16-6-8-18/h3-4,9,14,16,18H,5-8,10-11H2,1-2H3. The van der Waals surface area contributed by atoms with Gasteiger partial charge in [0.2, 0.25) is 0 Å². The molecule has 19 heavy (non-hydrogen) atoms. The van der Waals surface area contributed by atoms with Crippen molar-refractivity contribution in [3.05, 3.63) is 29.3 Å². The molecule has 1 aliphatic rings. The highest BCUT2D eigenvalue weighted by Gasteiger charge is 2.21. The summed E-state index contributed by atoms with van der Waals surface area (Å²) >= 11 is 0. The average Bonchev–Trinajstić information content (AvgIpc) is 2.84. The SMILES string of the molecule is COc1ccc(CN2CCC(NCCO)C2)cc1C. The van der Waals surface area contributed by atoms with E-state index >= 15 is 0 Å². The Morgan fingerprint density at radius 3 is 3.00 bits per heavy atom. The second kappa shape index (κ2) is 6.89. The van der Waals surface area contributed by atoms with Crippen molar-refractivity contribution in [2.24, 2.45) is 0 Å². The number of rotatable bonds is 6.